The molecule has 0 spiro atoms. The molecule has 0 saturated heterocycles. The minimum atomic E-state index is -0.690. The second kappa shape index (κ2) is 5.88. The van der Waals surface area contributed by atoms with Crippen molar-refractivity contribution in [3.05, 3.63) is 68.5 Å². The smallest absolute Gasteiger partial charge is 0.294 e. The molecule has 1 N–H and O–H groups in total. The highest BCUT2D eigenvalue weighted by Gasteiger charge is 2.17. The van der Waals surface area contributed by atoms with Crippen molar-refractivity contribution in [1.82, 2.24) is 0 Å². The van der Waals surface area contributed by atoms with Crippen LogP contribution in [0.3, 0.4) is 0 Å². The number of halogens is 2. The first-order valence-corrected chi connectivity index (χ1v) is 6.28. The van der Waals surface area contributed by atoms with Gasteiger partial charge in [0, 0.05) is 18.7 Å². The number of nitrogens with one attached hydrogen (secondary N) is 1. The monoisotopic (exact) mass is 294 g/mol. The second-order valence-electron chi connectivity index (χ2n) is 4.32. The molecule has 0 heterocycles. The van der Waals surface area contributed by atoms with Crippen LogP contribution in [0.15, 0.2) is 36.4 Å². The molecular weight excluding hydrogens is 283 g/mol. The first-order valence-electron chi connectivity index (χ1n) is 5.91. The van der Waals surface area contributed by atoms with Crippen LogP contribution in [0.25, 0.3) is 0 Å². The minimum absolute atomic E-state index is 0.111. The largest absolute Gasteiger partial charge is 0.375 e. The fourth-order valence-electron chi connectivity index (χ4n) is 1.83. The van der Waals surface area contributed by atoms with Crippen LogP contribution in [0, 0.1) is 22.9 Å². The van der Waals surface area contributed by atoms with E-state index in [1.54, 1.807) is 0 Å². The molecule has 0 aliphatic carbocycles. The molecule has 0 aromatic heterocycles. The zero-order valence-electron chi connectivity index (χ0n) is 10.7. The summed E-state index contributed by atoms with van der Waals surface area (Å²) in [5.41, 5.74) is 1.90. The predicted molar refractivity (Wildman–Crippen MR) is 76.6 cm³/mol. The number of aryl methyl sites for hydroxylation is 1. The van der Waals surface area contributed by atoms with Gasteiger partial charge in [-0.05, 0) is 18.1 Å². The molecule has 0 saturated carbocycles. The van der Waals surface area contributed by atoms with E-state index in [4.69, 9.17) is 11.6 Å². The Morgan fingerprint density at radius 3 is 2.70 bits per heavy atom. The van der Waals surface area contributed by atoms with Gasteiger partial charge in [-0.25, -0.2) is 4.39 Å². The number of rotatable bonds is 4. The Morgan fingerprint density at radius 1 is 1.35 bits per heavy atom. The van der Waals surface area contributed by atoms with Crippen molar-refractivity contribution in [3.63, 3.8) is 0 Å². The molecule has 6 heteroatoms. The van der Waals surface area contributed by atoms with Crippen molar-refractivity contribution in [2.45, 2.75) is 13.5 Å². The molecule has 0 unspecified atom stereocenters. The fourth-order valence-corrected chi connectivity index (χ4v) is 1.99. The van der Waals surface area contributed by atoms with Crippen molar-refractivity contribution >= 4 is 23.0 Å². The zero-order chi connectivity index (χ0) is 14.7. The van der Waals surface area contributed by atoms with Crippen LogP contribution < -0.4 is 5.32 Å². The number of hydrogen-bond acceptors (Lipinski definition) is 3. The van der Waals surface area contributed by atoms with E-state index >= 15 is 0 Å². The quantitative estimate of drug-likeness (QED) is 0.675. The van der Waals surface area contributed by atoms with E-state index in [9.17, 15) is 14.5 Å². The molecule has 0 radical (unpaired) electrons. The molecule has 20 heavy (non-hydrogen) atoms. The SMILES string of the molecule is Cc1ccccc1CNc1cc(F)c(Cl)cc1[N+](=O)[O-]. The standard InChI is InChI=1S/C14H12ClFN2O2/c1-9-4-2-3-5-10(9)8-17-13-7-12(16)11(15)6-14(13)18(19)20/h2-7,17H,8H2,1H3. The number of nitro groups is 1. The molecule has 0 aliphatic heterocycles. The van der Waals surface area contributed by atoms with E-state index in [-0.39, 0.29) is 16.4 Å². The van der Waals surface area contributed by atoms with Crippen LogP contribution in [0.5, 0.6) is 0 Å². The van der Waals surface area contributed by atoms with Crippen LogP contribution in [-0.2, 0) is 6.54 Å². The Balaban J connectivity index is 2.27. The summed E-state index contributed by atoms with van der Waals surface area (Å²) in [7, 11) is 0. The molecular formula is C14H12ClFN2O2. The molecule has 2 aromatic carbocycles. The number of benzene rings is 2. The van der Waals surface area contributed by atoms with Crippen molar-refractivity contribution in [1.29, 1.82) is 0 Å². The van der Waals surface area contributed by atoms with Gasteiger partial charge in [0.1, 0.15) is 11.5 Å². The molecule has 4 nitrogen and oxygen atoms in total. The first kappa shape index (κ1) is 14.3. The third-order valence-corrected chi connectivity index (χ3v) is 3.26. The minimum Gasteiger partial charge on any atom is -0.375 e. The summed E-state index contributed by atoms with van der Waals surface area (Å²) in [6, 6.07) is 9.67. The van der Waals surface area contributed by atoms with E-state index in [1.165, 1.54) is 0 Å². The maximum Gasteiger partial charge on any atom is 0.294 e. The summed E-state index contributed by atoms with van der Waals surface area (Å²) in [4.78, 5) is 10.4. The topological polar surface area (TPSA) is 55.2 Å². The number of anilines is 1. The Bertz CT molecular complexity index is 662. The molecule has 0 bridgehead atoms. The molecule has 104 valence electrons. The van der Waals surface area contributed by atoms with Crippen LogP contribution >= 0.6 is 11.6 Å². The highest BCUT2D eigenvalue weighted by molar-refractivity contribution is 6.31. The Kier molecular flexibility index (Phi) is 4.20. The predicted octanol–water partition coefficient (Wildman–Crippen LogP) is 4.31. The Hall–Kier alpha value is -2.14. The lowest BCUT2D eigenvalue weighted by Crippen LogP contribution is -2.04. The number of nitro benzene ring substituents is 1. The maximum atomic E-state index is 13.4. The van der Waals surface area contributed by atoms with Gasteiger partial charge in [-0.1, -0.05) is 35.9 Å². The van der Waals surface area contributed by atoms with E-state index in [0.29, 0.717) is 6.54 Å². The summed E-state index contributed by atoms with van der Waals surface area (Å²) in [5.74, 6) is -0.690. The van der Waals surface area contributed by atoms with E-state index < -0.39 is 10.7 Å². The number of hydrogen-bond donors (Lipinski definition) is 1. The Morgan fingerprint density at radius 2 is 2.05 bits per heavy atom. The lowest BCUT2D eigenvalue weighted by Gasteiger charge is -2.10. The van der Waals surface area contributed by atoms with Gasteiger partial charge >= 0.3 is 0 Å². The van der Waals surface area contributed by atoms with Gasteiger partial charge in [-0.3, -0.25) is 10.1 Å². The fraction of sp³-hybridized carbons (Fsp3) is 0.143. The third-order valence-electron chi connectivity index (χ3n) is 2.97. The molecule has 0 fully saturated rings. The van der Waals surface area contributed by atoms with Crippen molar-refractivity contribution in [2.24, 2.45) is 0 Å². The average Bonchev–Trinajstić information content (AvgIpc) is 2.41. The first-order chi connectivity index (χ1) is 9.49. The van der Waals surface area contributed by atoms with Crippen LogP contribution in [0.1, 0.15) is 11.1 Å². The Labute approximate surface area is 120 Å². The lowest BCUT2D eigenvalue weighted by atomic mass is 10.1. The van der Waals surface area contributed by atoms with Crippen molar-refractivity contribution in [3.8, 4) is 0 Å². The van der Waals surface area contributed by atoms with E-state index in [0.717, 1.165) is 23.3 Å². The summed E-state index contributed by atoms with van der Waals surface area (Å²) < 4.78 is 13.4. The van der Waals surface area contributed by atoms with E-state index in [2.05, 4.69) is 5.32 Å². The second-order valence-corrected chi connectivity index (χ2v) is 4.73. The highest BCUT2D eigenvalue weighted by Crippen LogP contribution is 2.30. The summed E-state index contributed by atoms with van der Waals surface area (Å²) >= 11 is 5.57. The maximum absolute atomic E-state index is 13.4. The molecule has 0 amide bonds. The molecule has 2 aromatic rings. The molecule has 0 aliphatic rings. The van der Waals surface area contributed by atoms with Gasteiger partial charge in [-0.2, -0.15) is 0 Å². The average molecular weight is 295 g/mol. The van der Waals surface area contributed by atoms with Gasteiger partial charge in [0.05, 0.1) is 9.95 Å². The van der Waals surface area contributed by atoms with Gasteiger partial charge in [-0.15, -0.1) is 0 Å². The molecule has 0 atom stereocenters. The van der Waals surface area contributed by atoms with Gasteiger partial charge < -0.3 is 5.32 Å². The van der Waals surface area contributed by atoms with E-state index in [1.807, 2.05) is 31.2 Å². The van der Waals surface area contributed by atoms with Crippen molar-refractivity contribution < 1.29 is 9.31 Å². The van der Waals surface area contributed by atoms with Crippen LogP contribution in [0.4, 0.5) is 15.8 Å². The summed E-state index contributed by atoms with van der Waals surface area (Å²) in [5, 5.41) is 13.6. The highest BCUT2D eigenvalue weighted by atomic mass is 35.5. The van der Waals surface area contributed by atoms with Gasteiger partial charge in [0.2, 0.25) is 0 Å². The summed E-state index contributed by atoms with van der Waals surface area (Å²) in [6.45, 7) is 2.31. The normalized spacial score (nSPS) is 10.3. The van der Waals surface area contributed by atoms with Crippen LogP contribution in [-0.4, -0.2) is 4.92 Å². The van der Waals surface area contributed by atoms with Gasteiger partial charge in [0.15, 0.2) is 0 Å². The third kappa shape index (κ3) is 3.05. The summed E-state index contributed by atoms with van der Waals surface area (Å²) in [6.07, 6.45) is 0. The van der Waals surface area contributed by atoms with Crippen molar-refractivity contribution in [2.75, 3.05) is 5.32 Å². The lowest BCUT2D eigenvalue weighted by molar-refractivity contribution is -0.384. The number of nitrogens with zero attached hydrogens (tertiary/aromatic N) is 1. The molecule has 2 rings (SSSR count). The van der Waals surface area contributed by atoms with Crippen LogP contribution in [0.2, 0.25) is 5.02 Å². The van der Waals surface area contributed by atoms with Gasteiger partial charge in [0.25, 0.3) is 5.69 Å². The zero-order valence-corrected chi connectivity index (χ0v) is 11.4.